The van der Waals surface area contributed by atoms with Crippen LogP contribution in [0.25, 0.3) is 0 Å². The van der Waals surface area contributed by atoms with Gasteiger partial charge in [0.2, 0.25) is 0 Å². The highest BCUT2D eigenvalue weighted by Crippen LogP contribution is 2.25. The first-order valence-electron chi connectivity index (χ1n) is 7.19. The van der Waals surface area contributed by atoms with Crippen LogP contribution in [-0.4, -0.2) is 14.5 Å². The molecule has 2 N–H and O–H groups in total. The average molecular weight is 320 g/mol. The summed E-state index contributed by atoms with van der Waals surface area (Å²) in [5, 5.41) is 0.706. The molecule has 1 aromatic carbocycles. The van der Waals surface area contributed by atoms with Gasteiger partial charge in [-0.05, 0) is 44.2 Å². The van der Waals surface area contributed by atoms with Crippen LogP contribution >= 0.6 is 23.8 Å². The highest BCUT2D eigenvalue weighted by Gasteiger charge is 2.18. The van der Waals surface area contributed by atoms with Crippen molar-refractivity contribution in [3.8, 4) is 0 Å². The van der Waals surface area contributed by atoms with Crippen LogP contribution in [0.2, 0.25) is 5.02 Å². The summed E-state index contributed by atoms with van der Waals surface area (Å²) in [6.45, 7) is 2.82. The van der Waals surface area contributed by atoms with Crippen LogP contribution in [0.1, 0.15) is 41.2 Å². The zero-order chi connectivity index (χ0) is 15.0. The molecule has 1 aliphatic carbocycles. The number of nitrogens with two attached hydrogens (primary N) is 1. The maximum absolute atomic E-state index is 6.38. The van der Waals surface area contributed by atoms with E-state index in [0.29, 0.717) is 10.0 Å². The highest BCUT2D eigenvalue weighted by atomic mass is 35.5. The van der Waals surface area contributed by atoms with Crippen molar-refractivity contribution in [3.05, 3.63) is 51.6 Å². The van der Waals surface area contributed by atoms with Crippen molar-refractivity contribution in [1.29, 1.82) is 0 Å². The molecule has 3 nitrogen and oxygen atoms in total. The number of benzene rings is 1. The number of halogens is 1. The van der Waals surface area contributed by atoms with Gasteiger partial charge in [0.05, 0.1) is 12.2 Å². The number of nitrogens with zero attached hydrogens (tertiary/aromatic N) is 2. The molecule has 0 aliphatic heterocycles. The number of aryl methyl sites for hydroxylation is 2. The minimum Gasteiger partial charge on any atom is -0.389 e. The van der Waals surface area contributed by atoms with Crippen LogP contribution in [-0.2, 0) is 19.4 Å². The molecule has 0 saturated heterocycles. The van der Waals surface area contributed by atoms with Gasteiger partial charge in [0, 0.05) is 16.3 Å². The fraction of sp³-hybridized carbons (Fsp3) is 0.375. The normalized spacial score (nSPS) is 14.0. The van der Waals surface area contributed by atoms with Gasteiger partial charge in [-0.15, -0.1) is 0 Å². The van der Waals surface area contributed by atoms with E-state index in [9.17, 15) is 0 Å². The van der Waals surface area contributed by atoms with Crippen molar-refractivity contribution in [2.75, 3.05) is 0 Å². The number of aromatic nitrogens is 2. The van der Waals surface area contributed by atoms with Crippen molar-refractivity contribution >= 4 is 28.8 Å². The van der Waals surface area contributed by atoms with Gasteiger partial charge in [-0.3, -0.25) is 0 Å². The largest absolute Gasteiger partial charge is 0.389 e. The van der Waals surface area contributed by atoms with Crippen molar-refractivity contribution < 1.29 is 0 Å². The molecule has 2 aromatic rings. The van der Waals surface area contributed by atoms with Crippen molar-refractivity contribution in [1.82, 2.24) is 9.55 Å². The van der Waals surface area contributed by atoms with Gasteiger partial charge < -0.3 is 10.3 Å². The first-order valence-corrected chi connectivity index (χ1v) is 7.98. The van der Waals surface area contributed by atoms with Crippen LogP contribution in [0, 0.1) is 6.92 Å². The molecular weight excluding hydrogens is 302 g/mol. The van der Waals surface area contributed by atoms with Gasteiger partial charge in [-0.25, -0.2) is 4.98 Å². The van der Waals surface area contributed by atoms with Crippen LogP contribution in [0.15, 0.2) is 18.2 Å². The average Bonchev–Trinajstić information content (AvgIpc) is 2.77. The molecule has 5 heteroatoms. The van der Waals surface area contributed by atoms with Crippen molar-refractivity contribution in [2.45, 2.75) is 39.2 Å². The number of fused-ring (bicyclic) bond motifs is 1. The van der Waals surface area contributed by atoms with Crippen LogP contribution in [0.5, 0.6) is 0 Å². The summed E-state index contributed by atoms with van der Waals surface area (Å²) in [5.74, 6) is 1.07. The molecule has 0 saturated carbocycles. The number of rotatable bonds is 3. The minimum absolute atomic E-state index is 0.375. The minimum atomic E-state index is 0.375. The molecule has 3 rings (SSSR count). The number of thiocarbonyl (C=S) groups is 1. The van der Waals surface area contributed by atoms with Gasteiger partial charge >= 0.3 is 0 Å². The lowest BCUT2D eigenvalue weighted by atomic mass is 10.0. The summed E-state index contributed by atoms with van der Waals surface area (Å²) >= 11 is 11.4. The molecule has 0 atom stereocenters. The molecule has 0 spiro atoms. The Labute approximate surface area is 135 Å². The van der Waals surface area contributed by atoms with E-state index in [1.807, 2.05) is 18.2 Å². The summed E-state index contributed by atoms with van der Waals surface area (Å²) in [4.78, 5) is 5.08. The maximum Gasteiger partial charge on any atom is 0.106 e. The Morgan fingerprint density at radius 1 is 1.38 bits per heavy atom. The van der Waals surface area contributed by atoms with E-state index in [4.69, 9.17) is 34.5 Å². The molecule has 110 valence electrons. The zero-order valence-corrected chi connectivity index (χ0v) is 13.6. The summed E-state index contributed by atoms with van der Waals surface area (Å²) in [6.07, 6.45) is 4.69. The highest BCUT2D eigenvalue weighted by molar-refractivity contribution is 7.80. The Kier molecular flexibility index (Phi) is 4.00. The zero-order valence-electron chi connectivity index (χ0n) is 12.0. The Balaban J connectivity index is 1.94. The molecular formula is C16H18ClN3S. The first kappa shape index (κ1) is 14.5. The predicted octanol–water partition coefficient (Wildman–Crippen LogP) is 3.41. The van der Waals surface area contributed by atoms with E-state index < -0.39 is 0 Å². The second-order valence-corrected chi connectivity index (χ2v) is 6.36. The van der Waals surface area contributed by atoms with E-state index in [1.54, 1.807) is 0 Å². The van der Waals surface area contributed by atoms with E-state index in [2.05, 4.69) is 11.5 Å². The third-order valence-corrected chi connectivity index (χ3v) is 4.68. The molecule has 1 aromatic heterocycles. The lowest BCUT2D eigenvalue weighted by molar-refractivity contribution is 0.624. The Morgan fingerprint density at radius 2 is 2.14 bits per heavy atom. The quantitative estimate of drug-likeness (QED) is 0.882. The molecule has 0 unspecified atom stereocenters. The fourth-order valence-corrected chi connectivity index (χ4v) is 3.31. The number of hydrogen-bond donors (Lipinski definition) is 1. The van der Waals surface area contributed by atoms with Gasteiger partial charge in [-0.2, -0.15) is 0 Å². The van der Waals surface area contributed by atoms with Crippen molar-refractivity contribution in [2.24, 2.45) is 5.73 Å². The van der Waals surface area contributed by atoms with Crippen LogP contribution < -0.4 is 5.73 Å². The summed E-state index contributed by atoms with van der Waals surface area (Å²) in [7, 11) is 0. The van der Waals surface area contributed by atoms with Crippen LogP contribution in [0.4, 0.5) is 0 Å². The lowest BCUT2D eigenvalue weighted by Crippen LogP contribution is -2.12. The standard InChI is InChI=1S/C16H18ClN3S/c1-10-19-14-4-2-3-5-15(14)20(10)9-12-7-6-11(16(18)21)8-13(12)17/h6-8H,2-5,9H2,1H3,(H2,18,21). The van der Waals surface area contributed by atoms with Gasteiger partial charge in [0.15, 0.2) is 0 Å². The Bertz CT molecular complexity index is 706. The third-order valence-electron chi connectivity index (χ3n) is 4.09. The molecule has 0 fully saturated rings. The SMILES string of the molecule is Cc1nc2c(n1Cc1ccc(C(N)=S)cc1Cl)CCCC2. The molecule has 1 aliphatic rings. The van der Waals surface area contributed by atoms with Crippen LogP contribution in [0.3, 0.4) is 0 Å². The monoisotopic (exact) mass is 319 g/mol. The van der Waals surface area contributed by atoms with E-state index >= 15 is 0 Å². The number of imidazole rings is 1. The molecule has 1 heterocycles. The molecule has 0 bridgehead atoms. The summed E-state index contributed by atoms with van der Waals surface area (Å²) < 4.78 is 2.29. The molecule has 21 heavy (non-hydrogen) atoms. The smallest absolute Gasteiger partial charge is 0.106 e. The van der Waals surface area contributed by atoms with E-state index in [-0.39, 0.29) is 0 Å². The second-order valence-electron chi connectivity index (χ2n) is 5.52. The first-order chi connectivity index (χ1) is 10.1. The fourth-order valence-electron chi connectivity index (χ4n) is 2.94. The predicted molar refractivity (Wildman–Crippen MR) is 90.0 cm³/mol. The van der Waals surface area contributed by atoms with E-state index in [1.165, 1.54) is 24.2 Å². The Morgan fingerprint density at radius 3 is 2.86 bits per heavy atom. The maximum atomic E-state index is 6.38. The summed E-state index contributed by atoms with van der Waals surface area (Å²) in [6, 6.07) is 5.78. The number of hydrogen-bond acceptors (Lipinski definition) is 2. The topological polar surface area (TPSA) is 43.8 Å². The van der Waals surface area contributed by atoms with Gasteiger partial charge in [-0.1, -0.05) is 36.0 Å². The Hall–Kier alpha value is -1.39. The van der Waals surface area contributed by atoms with Gasteiger partial charge in [0.25, 0.3) is 0 Å². The third kappa shape index (κ3) is 2.83. The second kappa shape index (κ2) is 5.78. The molecule has 0 amide bonds. The van der Waals surface area contributed by atoms with Crippen molar-refractivity contribution in [3.63, 3.8) is 0 Å². The summed E-state index contributed by atoms with van der Waals surface area (Å²) in [5.41, 5.74) is 10.2. The lowest BCUT2D eigenvalue weighted by Gasteiger charge is -2.16. The van der Waals surface area contributed by atoms with E-state index in [0.717, 1.165) is 36.3 Å². The van der Waals surface area contributed by atoms with Gasteiger partial charge in [0.1, 0.15) is 10.8 Å². The molecule has 0 radical (unpaired) electrons.